The third kappa shape index (κ3) is 27.3. The van der Waals surface area contributed by atoms with Crippen molar-refractivity contribution >= 4 is 5.97 Å². The van der Waals surface area contributed by atoms with Gasteiger partial charge in [-0.05, 0) is 44.4 Å². The summed E-state index contributed by atoms with van der Waals surface area (Å²) in [5.41, 5.74) is 0. The second-order valence-corrected chi connectivity index (χ2v) is 12.6. The van der Waals surface area contributed by atoms with Gasteiger partial charge in [0.15, 0.2) is 6.17 Å². The van der Waals surface area contributed by atoms with Gasteiger partial charge in [-0.1, -0.05) is 169 Å². The van der Waals surface area contributed by atoms with Gasteiger partial charge in [0.05, 0.1) is 0 Å². The van der Waals surface area contributed by atoms with E-state index < -0.39 is 12.1 Å². The predicted octanol–water partition coefficient (Wildman–Crippen LogP) is 12.9. The van der Waals surface area contributed by atoms with Crippen LogP contribution in [0.5, 0.6) is 0 Å². The Kier molecular flexibility index (Phi) is 29.9. The maximum absolute atomic E-state index is 14.6. The number of hydrogen-bond donors (Lipinski definition) is 0. The van der Waals surface area contributed by atoms with Crippen LogP contribution in [0, 0.1) is 5.92 Å². The zero-order valence-electron chi connectivity index (χ0n) is 27.2. The van der Waals surface area contributed by atoms with Crippen molar-refractivity contribution in [3.05, 3.63) is 0 Å². The lowest BCUT2D eigenvalue weighted by Crippen LogP contribution is -2.25. The van der Waals surface area contributed by atoms with E-state index in [0.717, 1.165) is 50.9 Å². The van der Waals surface area contributed by atoms with Crippen LogP contribution in [-0.4, -0.2) is 18.2 Å². The van der Waals surface area contributed by atoms with Crippen molar-refractivity contribution in [1.82, 2.24) is 0 Å². The molecule has 0 aliphatic heterocycles. The molecule has 0 bridgehead atoms. The molecule has 0 rings (SSSR count). The zero-order chi connectivity index (χ0) is 28.8. The van der Waals surface area contributed by atoms with Crippen LogP contribution >= 0.6 is 0 Å². The number of carbonyl (C=O) groups excluding carboxylic acids is 1. The molecule has 0 aromatic carbocycles. The molecule has 0 N–H and O–H groups in total. The van der Waals surface area contributed by atoms with E-state index in [1.165, 1.54) is 128 Å². The van der Waals surface area contributed by atoms with E-state index in [0.29, 0.717) is 6.42 Å². The standard InChI is InChI=1S/C36H71FO2/c1-5-8-11-14-17-18-23-28-33(4)29-24-21-22-27-32-35(37)36(38)39-34(30-25-19-15-12-9-6-2)31-26-20-16-13-10-7-3/h33-35H,5-32H2,1-4H3. The fraction of sp³-hybridized carbons (Fsp3) is 0.972. The molecule has 3 heteroatoms. The average molecular weight is 555 g/mol. The highest BCUT2D eigenvalue weighted by Crippen LogP contribution is 2.21. The third-order valence-electron chi connectivity index (χ3n) is 8.50. The second kappa shape index (κ2) is 30.4. The number of halogens is 1. The molecule has 0 amide bonds. The number of unbranched alkanes of at least 4 members (excludes halogenated alkanes) is 19. The van der Waals surface area contributed by atoms with Gasteiger partial charge in [0, 0.05) is 0 Å². The fourth-order valence-electron chi connectivity index (χ4n) is 5.69. The molecule has 0 fully saturated rings. The smallest absolute Gasteiger partial charge is 0.340 e. The first-order valence-corrected chi connectivity index (χ1v) is 17.9. The van der Waals surface area contributed by atoms with E-state index in [9.17, 15) is 9.18 Å². The van der Waals surface area contributed by atoms with Gasteiger partial charge in [-0.2, -0.15) is 0 Å². The Morgan fingerprint density at radius 3 is 1.18 bits per heavy atom. The molecule has 0 radical (unpaired) electrons. The second-order valence-electron chi connectivity index (χ2n) is 12.6. The molecular weight excluding hydrogens is 483 g/mol. The molecule has 0 spiro atoms. The Bertz CT molecular complexity index is 478. The quantitative estimate of drug-likeness (QED) is 0.0629. The number of rotatable bonds is 31. The van der Waals surface area contributed by atoms with E-state index in [1.54, 1.807) is 0 Å². The Hall–Kier alpha value is -0.600. The van der Waals surface area contributed by atoms with Crippen molar-refractivity contribution < 1.29 is 13.9 Å². The molecule has 0 saturated carbocycles. The van der Waals surface area contributed by atoms with Crippen molar-refractivity contribution in [3.63, 3.8) is 0 Å². The first kappa shape index (κ1) is 38.4. The minimum atomic E-state index is -1.45. The summed E-state index contributed by atoms with van der Waals surface area (Å²) in [6.07, 6.45) is 31.9. The predicted molar refractivity (Wildman–Crippen MR) is 170 cm³/mol. The summed E-state index contributed by atoms with van der Waals surface area (Å²) in [5, 5.41) is 0. The Balaban J connectivity index is 4.04. The monoisotopic (exact) mass is 555 g/mol. The first-order valence-electron chi connectivity index (χ1n) is 17.9. The number of carbonyl (C=O) groups is 1. The van der Waals surface area contributed by atoms with Crippen LogP contribution in [0.1, 0.15) is 207 Å². The first-order chi connectivity index (χ1) is 19.0. The van der Waals surface area contributed by atoms with Crippen LogP contribution in [0.4, 0.5) is 4.39 Å². The molecule has 2 nitrogen and oxygen atoms in total. The van der Waals surface area contributed by atoms with Crippen LogP contribution in [-0.2, 0) is 9.53 Å². The molecule has 0 saturated heterocycles. The fourth-order valence-corrected chi connectivity index (χ4v) is 5.69. The van der Waals surface area contributed by atoms with E-state index in [-0.39, 0.29) is 6.10 Å². The molecule has 2 atom stereocenters. The summed E-state index contributed by atoms with van der Waals surface area (Å²) in [4.78, 5) is 12.5. The SMILES string of the molecule is CCCCCCCCCC(C)CCCCCCC(F)C(=O)OC(CCCCCCCC)CCCCCCCC. The van der Waals surface area contributed by atoms with E-state index in [1.807, 2.05) is 0 Å². The number of hydrogen-bond acceptors (Lipinski definition) is 2. The molecule has 0 aromatic rings. The Labute approximate surface area is 245 Å². The summed E-state index contributed by atoms with van der Waals surface area (Å²) in [5.74, 6) is 0.208. The highest BCUT2D eigenvalue weighted by molar-refractivity contribution is 5.74. The van der Waals surface area contributed by atoms with Crippen LogP contribution in [0.15, 0.2) is 0 Å². The van der Waals surface area contributed by atoms with Gasteiger partial charge in [0.25, 0.3) is 0 Å². The van der Waals surface area contributed by atoms with Crippen molar-refractivity contribution in [1.29, 1.82) is 0 Å². The van der Waals surface area contributed by atoms with Gasteiger partial charge in [0.2, 0.25) is 0 Å². The maximum Gasteiger partial charge on any atom is 0.340 e. The van der Waals surface area contributed by atoms with E-state index in [4.69, 9.17) is 4.74 Å². The number of ether oxygens (including phenoxy) is 1. The summed E-state index contributed by atoms with van der Waals surface area (Å²) >= 11 is 0. The van der Waals surface area contributed by atoms with Crippen LogP contribution in [0.25, 0.3) is 0 Å². The number of alkyl halides is 1. The van der Waals surface area contributed by atoms with Crippen LogP contribution in [0.2, 0.25) is 0 Å². The molecule has 2 unspecified atom stereocenters. The normalized spacial score (nSPS) is 13.2. The van der Waals surface area contributed by atoms with Gasteiger partial charge >= 0.3 is 5.97 Å². The molecule has 0 heterocycles. The Morgan fingerprint density at radius 2 is 0.795 bits per heavy atom. The van der Waals surface area contributed by atoms with E-state index in [2.05, 4.69) is 27.7 Å². The van der Waals surface area contributed by atoms with Gasteiger partial charge in [-0.25, -0.2) is 9.18 Å². The van der Waals surface area contributed by atoms with Gasteiger partial charge in [0.1, 0.15) is 6.10 Å². The van der Waals surface area contributed by atoms with Crippen molar-refractivity contribution in [2.24, 2.45) is 5.92 Å². The molecule has 39 heavy (non-hydrogen) atoms. The van der Waals surface area contributed by atoms with Crippen LogP contribution in [0.3, 0.4) is 0 Å². The van der Waals surface area contributed by atoms with Crippen molar-refractivity contribution in [3.8, 4) is 0 Å². The maximum atomic E-state index is 14.6. The third-order valence-corrected chi connectivity index (χ3v) is 8.50. The zero-order valence-corrected chi connectivity index (χ0v) is 27.2. The minimum absolute atomic E-state index is 0.0917. The lowest BCUT2D eigenvalue weighted by Gasteiger charge is -2.19. The summed E-state index contributed by atoms with van der Waals surface area (Å²) in [6.45, 7) is 9.14. The molecule has 0 aliphatic carbocycles. The van der Waals surface area contributed by atoms with Crippen LogP contribution < -0.4 is 0 Å². The van der Waals surface area contributed by atoms with Crippen molar-refractivity contribution in [2.45, 2.75) is 220 Å². The average Bonchev–Trinajstić information content (AvgIpc) is 2.93. The largest absolute Gasteiger partial charge is 0.460 e. The summed E-state index contributed by atoms with van der Waals surface area (Å²) < 4.78 is 20.4. The Morgan fingerprint density at radius 1 is 0.487 bits per heavy atom. The van der Waals surface area contributed by atoms with Gasteiger partial charge in [-0.15, -0.1) is 0 Å². The lowest BCUT2D eigenvalue weighted by atomic mass is 9.96. The molecule has 0 aromatic heterocycles. The highest BCUT2D eigenvalue weighted by Gasteiger charge is 2.22. The van der Waals surface area contributed by atoms with E-state index >= 15 is 0 Å². The minimum Gasteiger partial charge on any atom is -0.460 e. The molecular formula is C36H71FO2. The number of esters is 1. The van der Waals surface area contributed by atoms with Gasteiger partial charge in [-0.3, -0.25) is 0 Å². The molecule has 0 aliphatic rings. The van der Waals surface area contributed by atoms with Crippen molar-refractivity contribution in [2.75, 3.05) is 0 Å². The highest BCUT2D eigenvalue weighted by atomic mass is 19.1. The summed E-state index contributed by atoms with van der Waals surface area (Å²) in [7, 11) is 0. The summed E-state index contributed by atoms with van der Waals surface area (Å²) in [6, 6.07) is 0. The van der Waals surface area contributed by atoms with Gasteiger partial charge < -0.3 is 4.74 Å². The lowest BCUT2D eigenvalue weighted by molar-refractivity contribution is -0.156. The topological polar surface area (TPSA) is 26.3 Å². The molecule has 234 valence electrons.